The smallest absolute Gasteiger partial charge is 0.281 e. The number of hydrazine groups is 1. The number of carbonyl (C=O) groups is 2. The Morgan fingerprint density at radius 2 is 2.00 bits per heavy atom. The van der Waals surface area contributed by atoms with Gasteiger partial charge in [-0.15, -0.1) is 11.3 Å². The lowest BCUT2D eigenvalue weighted by Gasteiger charge is -2.08. The van der Waals surface area contributed by atoms with E-state index < -0.39 is 11.8 Å². The van der Waals surface area contributed by atoms with Crippen molar-refractivity contribution in [3.63, 3.8) is 0 Å². The minimum atomic E-state index is -0.507. The number of hydrogen-bond donors (Lipinski definition) is 2. The number of nitrogens with zero attached hydrogens (tertiary/aromatic N) is 2. The molecule has 2 amide bonds. The summed E-state index contributed by atoms with van der Waals surface area (Å²) in [5.41, 5.74) is 6.74. The Hall–Kier alpha value is -3.22. The zero-order valence-electron chi connectivity index (χ0n) is 14.2. The van der Waals surface area contributed by atoms with E-state index in [0.29, 0.717) is 21.9 Å². The van der Waals surface area contributed by atoms with Gasteiger partial charge in [0.15, 0.2) is 6.61 Å². The summed E-state index contributed by atoms with van der Waals surface area (Å²) in [7, 11) is 0. The number of nitrogens with one attached hydrogen (secondary N) is 2. The molecule has 0 bridgehead atoms. The van der Waals surface area contributed by atoms with Crippen LogP contribution in [0, 0.1) is 18.3 Å². The first kappa shape index (κ1) is 18.6. The highest BCUT2D eigenvalue weighted by Crippen LogP contribution is 2.29. The SMILES string of the molecule is Cc1nc(-c2ccsc2)sc1C(=O)NNC(=O)COc1ccc(C#N)cc1. The lowest BCUT2D eigenvalue weighted by Crippen LogP contribution is -2.43. The summed E-state index contributed by atoms with van der Waals surface area (Å²) in [6, 6.07) is 10.3. The monoisotopic (exact) mass is 398 g/mol. The van der Waals surface area contributed by atoms with Crippen LogP contribution in [0.5, 0.6) is 5.75 Å². The van der Waals surface area contributed by atoms with Crippen LogP contribution in [0.25, 0.3) is 10.6 Å². The number of amides is 2. The van der Waals surface area contributed by atoms with Crippen LogP contribution in [0.4, 0.5) is 0 Å². The van der Waals surface area contributed by atoms with Gasteiger partial charge >= 0.3 is 0 Å². The number of thiazole rings is 1. The number of thiophene rings is 1. The molecule has 136 valence electrons. The molecule has 2 heterocycles. The van der Waals surface area contributed by atoms with Gasteiger partial charge in [-0.3, -0.25) is 20.4 Å². The number of aryl methyl sites for hydroxylation is 1. The predicted molar refractivity (Wildman–Crippen MR) is 102 cm³/mol. The average Bonchev–Trinajstić information content (AvgIpc) is 3.34. The van der Waals surface area contributed by atoms with Crippen molar-refractivity contribution in [2.45, 2.75) is 6.92 Å². The maximum atomic E-state index is 12.3. The third-order valence-corrected chi connectivity index (χ3v) is 5.33. The van der Waals surface area contributed by atoms with Crippen molar-refractivity contribution < 1.29 is 14.3 Å². The van der Waals surface area contributed by atoms with Gasteiger partial charge in [0.2, 0.25) is 0 Å². The number of benzene rings is 1. The fourth-order valence-electron chi connectivity index (χ4n) is 2.11. The molecule has 2 N–H and O–H groups in total. The molecule has 1 aromatic carbocycles. The Morgan fingerprint density at radius 3 is 2.67 bits per heavy atom. The van der Waals surface area contributed by atoms with Crippen LogP contribution >= 0.6 is 22.7 Å². The van der Waals surface area contributed by atoms with Crippen molar-refractivity contribution in [3.05, 3.63) is 57.2 Å². The molecule has 0 aliphatic rings. The molecule has 7 nitrogen and oxygen atoms in total. The van der Waals surface area contributed by atoms with Crippen LogP contribution in [-0.4, -0.2) is 23.4 Å². The number of rotatable bonds is 5. The molecule has 0 radical (unpaired) electrons. The van der Waals surface area contributed by atoms with Crippen LogP contribution in [0.1, 0.15) is 20.9 Å². The van der Waals surface area contributed by atoms with Gasteiger partial charge in [-0.25, -0.2) is 4.98 Å². The van der Waals surface area contributed by atoms with Gasteiger partial charge in [-0.05, 0) is 42.6 Å². The Labute approximate surface area is 163 Å². The van der Waals surface area contributed by atoms with Gasteiger partial charge in [0, 0.05) is 10.9 Å². The second kappa shape index (κ2) is 8.44. The first-order chi connectivity index (χ1) is 13.1. The molecule has 27 heavy (non-hydrogen) atoms. The Kier molecular flexibility index (Phi) is 5.80. The lowest BCUT2D eigenvalue weighted by atomic mass is 10.2. The van der Waals surface area contributed by atoms with E-state index in [0.717, 1.165) is 10.6 Å². The molecule has 0 saturated heterocycles. The second-order valence-corrected chi connectivity index (χ2v) is 7.15. The number of ether oxygens (including phenoxy) is 1. The highest BCUT2D eigenvalue weighted by Gasteiger charge is 2.17. The van der Waals surface area contributed by atoms with Gasteiger partial charge in [0.25, 0.3) is 11.8 Å². The second-order valence-electron chi connectivity index (χ2n) is 5.37. The minimum Gasteiger partial charge on any atom is -0.484 e. The van der Waals surface area contributed by atoms with Crippen LogP contribution in [0.2, 0.25) is 0 Å². The van der Waals surface area contributed by atoms with Crippen molar-refractivity contribution >= 4 is 34.5 Å². The maximum Gasteiger partial charge on any atom is 0.281 e. The molecule has 0 saturated carbocycles. The number of hydrogen-bond acceptors (Lipinski definition) is 7. The molecule has 9 heteroatoms. The van der Waals surface area contributed by atoms with E-state index in [1.807, 2.05) is 22.9 Å². The van der Waals surface area contributed by atoms with Gasteiger partial charge in [0.1, 0.15) is 15.6 Å². The molecule has 0 spiro atoms. The molecule has 0 aliphatic heterocycles. The van der Waals surface area contributed by atoms with Crippen molar-refractivity contribution in [2.24, 2.45) is 0 Å². The topological polar surface area (TPSA) is 104 Å². The predicted octanol–water partition coefficient (Wildman–Crippen LogP) is 2.89. The highest BCUT2D eigenvalue weighted by molar-refractivity contribution is 7.17. The van der Waals surface area contributed by atoms with Crippen LogP contribution < -0.4 is 15.6 Å². The summed E-state index contributed by atoms with van der Waals surface area (Å²) >= 11 is 2.82. The first-order valence-corrected chi connectivity index (χ1v) is 9.55. The maximum absolute atomic E-state index is 12.3. The van der Waals surface area contributed by atoms with Crippen molar-refractivity contribution in [1.82, 2.24) is 15.8 Å². The van der Waals surface area contributed by atoms with Crippen molar-refractivity contribution in [1.29, 1.82) is 5.26 Å². The summed E-state index contributed by atoms with van der Waals surface area (Å²) in [5.74, 6) is -0.486. The van der Waals surface area contributed by atoms with E-state index in [1.54, 1.807) is 42.5 Å². The van der Waals surface area contributed by atoms with Gasteiger partial charge in [0.05, 0.1) is 17.3 Å². The Morgan fingerprint density at radius 1 is 1.22 bits per heavy atom. The third kappa shape index (κ3) is 4.69. The number of nitriles is 1. The van der Waals surface area contributed by atoms with E-state index in [9.17, 15) is 9.59 Å². The molecular formula is C18H14N4O3S2. The van der Waals surface area contributed by atoms with Crippen molar-refractivity contribution in [2.75, 3.05) is 6.61 Å². The summed E-state index contributed by atoms with van der Waals surface area (Å²) in [5, 5.41) is 13.4. The lowest BCUT2D eigenvalue weighted by molar-refractivity contribution is -0.123. The molecule has 3 aromatic rings. The highest BCUT2D eigenvalue weighted by atomic mass is 32.1. The average molecular weight is 398 g/mol. The fraction of sp³-hybridized carbons (Fsp3) is 0.111. The number of carbonyl (C=O) groups excluding carboxylic acids is 2. The van der Waals surface area contributed by atoms with E-state index in [4.69, 9.17) is 10.00 Å². The third-order valence-electron chi connectivity index (χ3n) is 3.44. The van der Waals surface area contributed by atoms with Gasteiger partial charge in [-0.2, -0.15) is 16.6 Å². The normalized spacial score (nSPS) is 10.1. The van der Waals surface area contributed by atoms with Crippen LogP contribution in [0.3, 0.4) is 0 Å². The van der Waals surface area contributed by atoms with Crippen molar-refractivity contribution in [3.8, 4) is 22.4 Å². The molecule has 0 unspecified atom stereocenters. The van der Waals surface area contributed by atoms with Crippen LogP contribution in [0.15, 0.2) is 41.1 Å². The van der Waals surface area contributed by atoms with Gasteiger partial charge < -0.3 is 4.74 Å². The first-order valence-electron chi connectivity index (χ1n) is 7.79. The van der Waals surface area contributed by atoms with Crippen LogP contribution in [-0.2, 0) is 4.79 Å². The quantitative estimate of drug-likeness (QED) is 0.643. The Balaban J connectivity index is 1.51. The summed E-state index contributed by atoms with van der Waals surface area (Å²) in [6.45, 7) is 1.48. The molecule has 0 fully saturated rings. The van der Waals surface area contributed by atoms with E-state index >= 15 is 0 Å². The van der Waals surface area contributed by atoms with E-state index in [1.165, 1.54) is 11.3 Å². The molecule has 2 aromatic heterocycles. The molecule has 0 atom stereocenters. The van der Waals surface area contributed by atoms with E-state index in [2.05, 4.69) is 15.8 Å². The zero-order chi connectivity index (χ0) is 19.2. The van der Waals surface area contributed by atoms with Gasteiger partial charge in [-0.1, -0.05) is 0 Å². The minimum absolute atomic E-state index is 0.270. The summed E-state index contributed by atoms with van der Waals surface area (Å²) in [4.78, 5) is 28.9. The fourth-order valence-corrected chi connectivity index (χ4v) is 3.78. The molecular weight excluding hydrogens is 384 g/mol. The standard InChI is InChI=1S/C18H14N4O3S2/c1-11-16(27-18(20-11)13-6-7-26-10-13)17(24)22-21-15(23)9-25-14-4-2-12(8-19)3-5-14/h2-7,10H,9H2,1H3,(H,21,23)(H,22,24). The summed E-state index contributed by atoms with van der Waals surface area (Å²) in [6.07, 6.45) is 0. The largest absolute Gasteiger partial charge is 0.484 e. The Bertz CT molecular complexity index is 989. The zero-order valence-corrected chi connectivity index (χ0v) is 15.8. The molecule has 0 aliphatic carbocycles. The summed E-state index contributed by atoms with van der Waals surface area (Å²) < 4.78 is 5.30. The number of aromatic nitrogens is 1. The molecule has 3 rings (SSSR count). The van der Waals surface area contributed by atoms with E-state index in [-0.39, 0.29) is 6.61 Å².